The summed E-state index contributed by atoms with van der Waals surface area (Å²) in [6, 6.07) is 0. The number of cyclic esters (lactones) is 1. The first-order chi connectivity index (χ1) is 20.8. The molecule has 0 radical (unpaired) electrons. The van der Waals surface area contributed by atoms with Crippen LogP contribution in [-0.4, -0.2) is 36.7 Å². The van der Waals surface area contributed by atoms with E-state index >= 15 is 0 Å². The summed E-state index contributed by atoms with van der Waals surface area (Å²) in [4.78, 5) is 34.4. The lowest BCUT2D eigenvalue weighted by Gasteiger charge is -2.43. The second-order valence-corrected chi connectivity index (χ2v) is 16.5. The molecular weight excluding hydrogens is 552 g/mol. The van der Waals surface area contributed by atoms with Gasteiger partial charge in [-0.05, 0) is 147 Å². The highest BCUT2D eigenvalue weighted by atomic mass is 16.6. The molecular formula is C38H64O6. The van der Waals surface area contributed by atoms with Crippen LogP contribution in [0.25, 0.3) is 0 Å². The van der Waals surface area contributed by atoms with Gasteiger partial charge < -0.3 is 14.2 Å². The van der Waals surface area contributed by atoms with Crippen LogP contribution in [0, 0.1) is 52.3 Å². The molecule has 6 nitrogen and oxygen atoms in total. The summed E-state index contributed by atoms with van der Waals surface area (Å²) in [5.74, 6) is 6.25. The van der Waals surface area contributed by atoms with Crippen LogP contribution in [0.15, 0.2) is 0 Å². The number of hydrogen-bond donors (Lipinski definition) is 0. The molecule has 5 aliphatic carbocycles. The van der Waals surface area contributed by atoms with Gasteiger partial charge in [0, 0.05) is 12.3 Å². The van der Waals surface area contributed by atoms with Gasteiger partial charge in [-0.2, -0.15) is 0 Å². The molecule has 1 aliphatic heterocycles. The fourth-order valence-electron chi connectivity index (χ4n) is 9.61. The minimum Gasteiger partial charge on any atom is -0.469 e. The Labute approximate surface area is 268 Å². The average Bonchev–Trinajstić information content (AvgIpc) is 3.86. The number of carbonyl (C=O) groups is 3. The lowest BCUT2D eigenvalue weighted by Crippen LogP contribution is -2.47. The Morgan fingerprint density at radius 2 is 1.52 bits per heavy atom. The van der Waals surface area contributed by atoms with Gasteiger partial charge in [-0.3, -0.25) is 14.4 Å². The molecule has 9 unspecified atom stereocenters. The van der Waals surface area contributed by atoms with Crippen LogP contribution in [0.5, 0.6) is 0 Å². The molecule has 4 bridgehead atoms. The zero-order valence-electron chi connectivity index (χ0n) is 29.4. The largest absolute Gasteiger partial charge is 0.469 e. The van der Waals surface area contributed by atoms with Gasteiger partial charge in [0.15, 0.2) is 0 Å². The summed E-state index contributed by atoms with van der Waals surface area (Å²) < 4.78 is 16.0. The predicted octanol–water partition coefficient (Wildman–Crippen LogP) is 9.07. The molecule has 6 aliphatic rings. The molecule has 252 valence electrons. The minimum absolute atomic E-state index is 0.0212. The van der Waals surface area contributed by atoms with E-state index in [2.05, 4.69) is 18.6 Å². The first kappa shape index (κ1) is 35.3. The maximum atomic E-state index is 12.6. The molecule has 1 heterocycles. The number of ether oxygens (including phenoxy) is 3. The summed E-state index contributed by atoms with van der Waals surface area (Å²) in [6.45, 7) is 14.0. The van der Waals surface area contributed by atoms with Gasteiger partial charge in [0.1, 0.15) is 11.7 Å². The van der Waals surface area contributed by atoms with Crippen molar-refractivity contribution in [2.45, 2.75) is 163 Å². The van der Waals surface area contributed by atoms with Crippen molar-refractivity contribution in [3.05, 3.63) is 0 Å². The number of fused-ring (bicyclic) bond motifs is 7. The van der Waals surface area contributed by atoms with Gasteiger partial charge in [-0.1, -0.05) is 33.6 Å². The Morgan fingerprint density at radius 1 is 0.841 bits per heavy atom. The monoisotopic (exact) mass is 616 g/mol. The minimum atomic E-state index is -0.334. The Morgan fingerprint density at radius 3 is 2.05 bits per heavy atom. The molecule has 0 aromatic rings. The molecule has 0 N–H and O–H groups in total. The van der Waals surface area contributed by atoms with Crippen LogP contribution in [0.1, 0.15) is 151 Å². The number of rotatable bonds is 9. The molecule has 0 amide bonds. The second kappa shape index (κ2) is 14.4. The standard InChI is InChI=1S/C18H30O2.C13H20O2.C7H14O2/c1-5-17(3,4)16(19)20-18(6-2)11-12-10-15(18)14-9-7-8-13(12)14;14-13-6-5-12(15-13)4-3-11-8-9-1-2-10(11)7-9;1-5-7(2,3)6(8)9-4/h12-15H,5-11H2,1-4H3;9-12H,1-8H2;5H2,1-4H3. The topological polar surface area (TPSA) is 78.9 Å². The first-order valence-electron chi connectivity index (χ1n) is 18.3. The van der Waals surface area contributed by atoms with E-state index in [1.54, 1.807) is 0 Å². The van der Waals surface area contributed by atoms with Crippen LogP contribution >= 0.6 is 0 Å². The molecule has 6 heteroatoms. The molecule has 44 heavy (non-hydrogen) atoms. The molecule has 1 saturated heterocycles. The zero-order chi connectivity index (χ0) is 32.3. The molecule has 9 atom stereocenters. The molecule has 0 spiro atoms. The third kappa shape index (κ3) is 7.68. The fraction of sp³-hybridized carbons (Fsp3) is 0.921. The summed E-state index contributed by atoms with van der Waals surface area (Å²) >= 11 is 0. The Bertz CT molecular complexity index is 1000. The lowest BCUT2D eigenvalue weighted by molar-refractivity contribution is -0.181. The fourth-order valence-corrected chi connectivity index (χ4v) is 9.61. The average molecular weight is 617 g/mol. The van der Waals surface area contributed by atoms with E-state index in [0.717, 1.165) is 74.0 Å². The van der Waals surface area contributed by atoms with E-state index in [1.807, 2.05) is 34.6 Å². The third-order valence-corrected chi connectivity index (χ3v) is 13.3. The molecule has 5 saturated carbocycles. The highest BCUT2D eigenvalue weighted by molar-refractivity contribution is 5.76. The Balaban J connectivity index is 0.000000163. The van der Waals surface area contributed by atoms with Crippen molar-refractivity contribution in [1.29, 1.82) is 0 Å². The first-order valence-corrected chi connectivity index (χ1v) is 18.3. The Hall–Kier alpha value is -1.59. The van der Waals surface area contributed by atoms with Crippen molar-refractivity contribution in [2.24, 2.45) is 52.3 Å². The van der Waals surface area contributed by atoms with Crippen LogP contribution < -0.4 is 0 Å². The number of hydrogen-bond acceptors (Lipinski definition) is 6. The van der Waals surface area contributed by atoms with Gasteiger partial charge >= 0.3 is 17.9 Å². The van der Waals surface area contributed by atoms with Crippen LogP contribution in [0.2, 0.25) is 0 Å². The quantitative estimate of drug-likeness (QED) is 0.190. The van der Waals surface area contributed by atoms with E-state index in [9.17, 15) is 14.4 Å². The lowest BCUT2D eigenvalue weighted by atomic mass is 9.71. The maximum absolute atomic E-state index is 12.6. The Kier molecular flexibility index (Phi) is 11.6. The number of methoxy groups -OCH3 is 1. The molecule has 0 aromatic carbocycles. The molecule has 6 rings (SSSR count). The highest BCUT2D eigenvalue weighted by Gasteiger charge is 2.62. The van der Waals surface area contributed by atoms with Gasteiger partial charge in [0.25, 0.3) is 0 Å². The summed E-state index contributed by atoms with van der Waals surface area (Å²) in [5.41, 5.74) is -0.770. The van der Waals surface area contributed by atoms with Crippen molar-refractivity contribution >= 4 is 17.9 Å². The smallest absolute Gasteiger partial charge is 0.312 e. The summed E-state index contributed by atoms with van der Waals surface area (Å²) in [6.07, 6.45) is 19.6. The van der Waals surface area contributed by atoms with Crippen LogP contribution in [0.3, 0.4) is 0 Å². The SMILES string of the molecule is CCC(C)(C)C(=O)OC.CCC(C)(C)C(=O)OC1(CC)CC2CC1C1CCCC21.O=C1CCC(CCC2CC3CCC2C3)O1. The van der Waals surface area contributed by atoms with Crippen LogP contribution in [0.4, 0.5) is 0 Å². The highest BCUT2D eigenvalue weighted by Crippen LogP contribution is 2.64. The molecule has 0 aromatic heterocycles. The van der Waals surface area contributed by atoms with Crippen LogP contribution in [-0.2, 0) is 28.6 Å². The van der Waals surface area contributed by atoms with Gasteiger partial charge in [0.2, 0.25) is 0 Å². The zero-order valence-corrected chi connectivity index (χ0v) is 29.4. The van der Waals surface area contributed by atoms with Crippen molar-refractivity contribution in [2.75, 3.05) is 7.11 Å². The van der Waals surface area contributed by atoms with Gasteiger partial charge in [-0.15, -0.1) is 0 Å². The van der Waals surface area contributed by atoms with Crippen molar-refractivity contribution < 1.29 is 28.6 Å². The van der Waals surface area contributed by atoms with E-state index in [0.29, 0.717) is 12.3 Å². The second-order valence-electron chi connectivity index (χ2n) is 16.5. The third-order valence-electron chi connectivity index (χ3n) is 13.3. The van der Waals surface area contributed by atoms with E-state index in [4.69, 9.17) is 9.47 Å². The maximum Gasteiger partial charge on any atom is 0.312 e. The van der Waals surface area contributed by atoms with Crippen molar-refractivity contribution in [1.82, 2.24) is 0 Å². The predicted molar refractivity (Wildman–Crippen MR) is 174 cm³/mol. The van der Waals surface area contributed by atoms with E-state index in [1.165, 1.54) is 64.9 Å². The van der Waals surface area contributed by atoms with Crippen molar-refractivity contribution in [3.63, 3.8) is 0 Å². The summed E-state index contributed by atoms with van der Waals surface area (Å²) in [5, 5.41) is 0. The van der Waals surface area contributed by atoms with Gasteiger partial charge in [-0.25, -0.2) is 0 Å². The normalized spacial score (nSPS) is 36.6. The van der Waals surface area contributed by atoms with E-state index < -0.39 is 0 Å². The summed E-state index contributed by atoms with van der Waals surface area (Å²) in [7, 11) is 1.42. The van der Waals surface area contributed by atoms with Crippen molar-refractivity contribution in [3.8, 4) is 0 Å². The van der Waals surface area contributed by atoms with E-state index in [-0.39, 0.29) is 40.4 Å². The number of esters is 3. The number of carbonyl (C=O) groups excluding carboxylic acids is 3. The van der Waals surface area contributed by atoms with Gasteiger partial charge in [0.05, 0.1) is 17.9 Å². The molecule has 6 fully saturated rings.